The fourth-order valence-corrected chi connectivity index (χ4v) is 2.28. The molecule has 0 radical (unpaired) electrons. The van der Waals surface area contributed by atoms with Gasteiger partial charge in [0.2, 0.25) is 0 Å². The van der Waals surface area contributed by atoms with Crippen molar-refractivity contribution < 1.29 is 4.74 Å². The molecule has 96 valence electrons. The van der Waals surface area contributed by atoms with Gasteiger partial charge < -0.3 is 10.1 Å². The Labute approximate surface area is 116 Å². The molecule has 4 heteroatoms. The van der Waals surface area contributed by atoms with E-state index in [9.17, 15) is 0 Å². The summed E-state index contributed by atoms with van der Waals surface area (Å²) < 4.78 is 5.92. The van der Waals surface area contributed by atoms with Gasteiger partial charge in [0.25, 0.3) is 0 Å². The number of ether oxygens (including phenoxy) is 1. The molecule has 0 amide bonds. The number of fused-ring (bicyclic) bond motifs is 2. The van der Waals surface area contributed by atoms with E-state index in [4.69, 9.17) is 4.74 Å². The first-order valence-electron chi connectivity index (χ1n) is 6.36. The van der Waals surface area contributed by atoms with E-state index in [2.05, 4.69) is 15.3 Å². The monoisotopic (exact) mass is 261 g/mol. The fourth-order valence-electron chi connectivity index (χ4n) is 2.28. The number of nitrogens with one attached hydrogen (secondary N) is 1. The van der Waals surface area contributed by atoms with Gasteiger partial charge >= 0.3 is 0 Å². The molecule has 0 aliphatic carbocycles. The van der Waals surface area contributed by atoms with Crippen molar-refractivity contribution in [2.24, 2.45) is 0 Å². The molecule has 0 bridgehead atoms. The van der Waals surface area contributed by atoms with Crippen molar-refractivity contribution in [3.8, 4) is 22.9 Å². The molecular weight excluding hydrogens is 250 g/mol. The van der Waals surface area contributed by atoms with Gasteiger partial charge in [0.15, 0.2) is 17.3 Å². The number of benzene rings is 2. The summed E-state index contributed by atoms with van der Waals surface area (Å²) in [6, 6.07) is 15.5. The number of hydrogen-bond donors (Lipinski definition) is 1. The number of nitrogens with zero attached hydrogens (tertiary/aromatic N) is 2. The molecule has 1 aliphatic heterocycles. The Hall–Kier alpha value is -2.88. The lowest BCUT2D eigenvalue weighted by atomic mass is 10.1. The summed E-state index contributed by atoms with van der Waals surface area (Å²) in [6.07, 6.45) is 3.47. The van der Waals surface area contributed by atoms with Crippen LogP contribution in [0.15, 0.2) is 60.9 Å². The van der Waals surface area contributed by atoms with Gasteiger partial charge in [-0.15, -0.1) is 0 Å². The highest BCUT2D eigenvalue weighted by Gasteiger charge is 2.20. The van der Waals surface area contributed by atoms with Crippen molar-refractivity contribution in [1.82, 2.24) is 9.97 Å². The third-order valence-electron chi connectivity index (χ3n) is 3.20. The van der Waals surface area contributed by atoms with Crippen molar-refractivity contribution in [3.05, 3.63) is 60.9 Å². The first-order valence-corrected chi connectivity index (χ1v) is 6.36. The molecule has 0 atom stereocenters. The Morgan fingerprint density at radius 1 is 0.800 bits per heavy atom. The second-order valence-corrected chi connectivity index (χ2v) is 4.47. The lowest BCUT2D eigenvalue weighted by molar-refractivity contribution is 0.481. The van der Waals surface area contributed by atoms with Crippen LogP contribution < -0.4 is 10.1 Å². The van der Waals surface area contributed by atoms with Gasteiger partial charge in [-0.2, -0.15) is 0 Å². The maximum absolute atomic E-state index is 5.92. The summed E-state index contributed by atoms with van der Waals surface area (Å²) in [4.78, 5) is 8.61. The predicted octanol–water partition coefficient (Wildman–Crippen LogP) is 3.99. The predicted molar refractivity (Wildman–Crippen MR) is 77.3 cm³/mol. The van der Waals surface area contributed by atoms with E-state index in [1.807, 2.05) is 42.5 Å². The van der Waals surface area contributed by atoms with Crippen molar-refractivity contribution in [2.45, 2.75) is 0 Å². The smallest absolute Gasteiger partial charge is 0.161 e. The molecule has 0 spiro atoms. The van der Waals surface area contributed by atoms with Crippen molar-refractivity contribution >= 4 is 11.4 Å². The number of para-hydroxylation sites is 3. The zero-order valence-corrected chi connectivity index (χ0v) is 10.6. The molecule has 0 saturated heterocycles. The Bertz CT molecular complexity index is 772. The quantitative estimate of drug-likeness (QED) is 0.562. The number of rotatable bonds is 1. The van der Waals surface area contributed by atoms with E-state index in [-0.39, 0.29) is 0 Å². The first-order chi connectivity index (χ1) is 9.92. The minimum Gasteiger partial charge on any atom is -0.453 e. The number of anilines is 2. The highest BCUT2D eigenvalue weighted by molar-refractivity contribution is 5.86. The van der Waals surface area contributed by atoms with Crippen LogP contribution >= 0.6 is 0 Å². The SMILES string of the molecule is c1cnc(-c2cccc3c2Nc2ccccc2O3)nc1. The highest BCUT2D eigenvalue weighted by Crippen LogP contribution is 2.45. The zero-order chi connectivity index (χ0) is 13.4. The molecule has 2 heterocycles. The molecule has 0 fully saturated rings. The zero-order valence-electron chi connectivity index (χ0n) is 10.6. The largest absolute Gasteiger partial charge is 0.453 e. The topological polar surface area (TPSA) is 47.0 Å². The van der Waals surface area contributed by atoms with Crippen molar-refractivity contribution in [2.75, 3.05) is 5.32 Å². The molecule has 2 aromatic carbocycles. The minimum absolute atomic E-state index is 0.680. The van der Waals surface area contributed by atoms with E-state index in [0.717, 1.165) is 28.4 Å². The van der Waals surface area contributed by atoms with Crippen molar-refractivity contribution in [1.29, 1.82) is 0 Å². The number of hydrogen-bond acceptors (Lipinski definition) is 4. The van der Waals surface area contributed by atoms with Crippen LogP contribution in [0.25, 0.3) is 11.4 Å². The van der Waals surface area contributed by atoms with Gasteiger partial charge in [-0.3, -0.25) is 0 Å². The van der Waals surface area contributed by atoms with Crippen molar-refractivity contribution in [3.63, 3.8) is 0 Å². The summed E-state index contributed by atoms with van der Waals surface area (Å²) in [5.74, 6) is 2.29. The summed E-state index contributed by atoms with van der Waals surface area (Å²) in [6.45, 7) is 0. The maximum atomic E-state index is 5.92. The van der Waals surface area contributed by atoms with E-state index in [0.29, 0.717) is 5.82 Å². The molecule has 1 aliphatic rings. The third-order valence-corrected chi connectivity index (χ3v) is 3.20. The van der Waals surface area contributed by atoms with Gasteiger partial charge in [0, 0.05) is 18.0 Å². The average Bonchev–Trinajstić information content (AvgIpc) is 2.53. The molecule has 0 saturated carbocycles. The maximum Gasteiger partial charge on any atom is 0.161 e. The molecule has 4 nitrogen and oxygen atoms in total. The minimum atomic E-state index is 0.680. The van der Waals surface area contributed by atoms with E-state index >= 15 is 0 Å². The van der Waals surface area contributed by atoms with Gasteiger partial charge in [-0.25, -0.2) is 9.97 Å². The Morgan fingerprint density at radius 3 is 2.50 bits per heavy atom. The second-order valence-electron chi connectivity index (χ2n) is 4.47. The normalized spacial score (nSPS) is 11.8. The summed E-state index contributed by atoms with van der Waals surface area (Å²) in [7, 11) is 0. The van der Waals surface area contributed by atoms with E-state index in [1.165, 1.54) is 0 Å². The lowest BCUT2D eigenvalue weighted by Crippen LogP contribution is -2.04. The van der Waals surface area contributed by atoms with Crippen LogP contribution in [-0.4, -0.2) is 9.97 Å². The molecule has 20 heavy (non-hydrogen) atoms. The third kappa shape index (κ3) is 1.70. The average molecular weight is 261 g/mol. The Morgan fingerprint density at radius 2 is 1.60 bits per heavy atom. The number of aromatic nitrogens is 2. The standard InChI is InChI=1S/C16H11N3O/c1-2-7-13-12(6-1)19-15-11(5-3-8-14(15)20-13)16-17-9-4-10-18-16/h1-10,19H. The summed E-state index contributed by atoms with van der Waals surface area (Å²) in [5.41, 5.74) is 2.78. The van der Waals surface area contributed by atoms with Crippen LogP contribution in [0.4, 0.5) is 11.4 Å². The lowest BCUT2D eigenvalue weighted by Gasteiger charge is -2.23. The Balaban J connectivity index is 1.87. The van der Waals surface area contributed by atoms with Gasteiger partial charge in [-0.05, 0) is 30.3 Å². The van der Waals surface area contributed by atoms with Crippen LogP contribution in [0.2, 0.25) is 0 Å². The van der Waals surface area contributed by atoms with Crippen LogP contribution in [0, 0.1) is 0 Å². The van der Waals surface area contributed by atoms with E-state index in [1.54, 1.807) is 18.5 Å². The molecule has 1 N–H and O–H groups in total. The molecule has 4 rings (SSSR count). The Kier molecular flexibility index (Phi) is 2.39. The van der Waals surface area contributed by atoms with Crippen LogP contribution in [0.1, 0.15) is 0 Å². The molecule has 3 aromatic rings. The fraction of sp³-hybridized carbons (Fsp3) is 0. The molecule has 1 aromatic heterocycles. The highest BCUT2D eigenvalue weighted by atomic mass is 16.5. The van der Waals surface area contributed by atoms with Crippen LogP contribution in [0.5, 0.6) is 11.5 Å². The summed E-state index contributed by atoms with van der Waals surface area (Å²) in [5, 5.41) is 3.40. The van der Waals surface area contributed by atoms with Gasteiger partial charge in [0.05, 0.1) is 11.4 Å². The van der Waals surface area contributed by atoms with Gasteiger partial charge in [-0.1, -0.05) is 18.2 Å². The van der Waals surface area contributed by atoms with E-state index < -0.39 is 0 Å². The molecular formula is C16H11N3O. The van der Waals surface area contributed by atoms with Crippen LogP contribution in [0.3, 0.4) is 0 Å². The second kappa shape index (κ2) is 4.35. The first kappa shape index (κ1) is 11.0. The van der Waals surface area contributed by atoms with Crippen LogP contribution in [-0.2, 0) is 0 Å². The molecule has 0 unspecified atom stereocenters. The van der Waals surface area contributed by atoms with Gasteiger partial charge in [0.1, 0.15) is 0 Å². The summed E-state index contributed by atoms with van der Waals surface area (Å²) >= 11 is 0.